The van der Waals surface area contributed by atoms with Crippen LogP contribution in [-0.2, 0) is 25.5 Å². The molecule has 0 aliphatic heterocycles. The maximum Gasteiger partial charge on any atom is 0.246 e. The zero-order chi connectivity index (χ0) is 14.8. The lowest BCUT2D eigenvalue weighted by Crippen LogP contribution is -2.40. The van der Waals surface area contributed by atoms with Gasteiger partial charge in [-0.3, -0.25) is 9.59 Å². The van der Waals surface area contributed by atoms with Crippen LogP contribution in [0.3, 0.4) is 0 Å². The second kappa shape index (κ2) is 8.82. The Labute approximate surface area is 117 Å². The molecule has 0 bridgehead atoms. The summed E-state index contributed by atoms with van der Waals surface area (Å²) in [6.07, 6.45) is 1.11. The van der Waals surface area contributed by atoms with E-state index in [2.05, 4.69) is 10.6 Å². The maximum absolute atomic E-state index is 11.5. The van der Waals surface area contributed by atoms with E-state index < -0.39 is 11.9 Å². The first kappa shape index (κ1) is 15.8. The highest BCUT2D eigenvalue weighted by atomic mass is 16.5. The largest absolute Gasteiger partial charge is 0.362 e. The SMILES string of the molecule is CNC(=O)COCC(=O)NC(C=O)Cc1ccccc1. The number of rotatable bonds is 8. The zero-order valence-corrected chi connectivity index (χ0v) is 11.3. The highest BCUT2D eigenvalue weighted by Crippen LogP contribution is 2.01. The molecule has 0 aliphatic carbocycles. The molecular weight excluding hydrogens is 260 g/mol. The van der Waals surface area contributed by atoms with E-state index in [9.17, 15) is 14.4 Å². The van der Waals surface area contributed by atoms with Gasteiger partial charge in [-0.05, 0) is 12.0 Å². The molecule has 2 N–H and O–H groups in total. The summed E-state index contributed by atoms with van der Waals surface area (Å²) in [5, 5.41) is 4.91. The number of carbonyl (C=O) groups is 3. The number of nitrogens with one attached hydrogen (secondary N) is 2. The lowest BCUT2D eigenvalue weighted by Gasteiger charge is -2.12. The van der Waals surface area contributed by atoms with Gasteiger partial charge in [0.2, 0.25) is 11.8 Å². The van der Waals surface area contributed by atoms with Gasteiger partial charge in [0, 0.05) is 7.05 Å². The number of hydrogen-bond donors (Lipinski definition) is 2. The fraction of sp³-hybridized carbons (Fsp3) is 0.357. The number of hydrogen-bond acceptors (Lipinski definition) is 4. The number of amides is 2. The van der Waals surface area contributed by atoms with Crippen LogP contribution in [0.4, 0.5) is 0 Å². The van der Waals surface area contributed by atoms with E-state index in [1.165, 1.54) is 7.05 Å². The van der Waals surface area contributed by atoms with Gasteiger partial charge in [-0.15, -0.1) is 0 Å². The first-order valence-corrected chi connectivity index (χ1v) is 6.22. The summed E-state index contributed by atoms with van der Waals surface area (Å²) in [4.78, 5) is 33.4. The number of aldehydes is 1. The van der Waals surface area contributed by atoms with Crippen LogP contribution in [0.2, 0.25) is 0 Å². The topological polar surface area (TPSA) is 84.5 Å². The van der Waals surface area contributed by atoms with E-state index in [1.807, 2.05) is 30.3 Å². The Morgan fingerprint density at radius 2 is 1.85 bits per heavy atom. The third-order valence-electron chi connectivity index (χ3n) is 2.55. The average Bonchev–Trinajstić information content (AvgIpc) is 2.47. The van der Waals surface area contributed by atoms with Crippen LogP contribution in [0.25, 0.3) is 0 Å². The third-order valence-corrected chi connectivity index (χ3v) is 2.55. The molecule has 1 atom stereocenters. The fourth-order valence-corrected chi connectivity index (χ4v) is 1.56. The summed E-state index contributed by atoms with van der Waals surface area (Å²) in [6.45, 7) is -0.444. The fourth-order valence-electron chi connectivity index (χ4n) is 1.56. The molecule has 6 nitrogen and oxygen atoms in total. The smallest absolute Gasteiger partial charge is 0.246 e. The van der Waals surface area contributed by atoms with Crippen molar-refractivity contribution < 1.29 is 19.1 Å². The summed E-state index contributed by atoms with van der Waals surface area (Å²) in [7, 11) is 1.48. The van der Waals surface area contributed by atoms with Gasteiger partial charge in [0.15, 0.2) is 0 Å². The zero-order valence-electron chi connectivity index (χ0n) is 11.3. The van der Waals surface area contributed by atoms with E-state index >= 15 is 0 Å². The molecule has 0 saturated heterocycles. The molecule has 0 saturated carbocycles. The van der Waals surface area contributed by atoms with Crippen molar-refractivity contribution in [3.05, 3.63) is 35.9 Å². The van der Waals surface area contributed by atoms with E-state index in [4.69, 9.17) is 4.74 Å². The first-order valence-electron chi connectivity index (χ1n) is 6.22. The van der Waals surface area contributed by atoms with Crippen LogP contribution in [0, 0.1) is 0 Å². The predicted octanol–water partition coefficient (Wildman–Crippen LogP) is -0.325. The van der Waals surface area contributed by atoms with Crippen LogP contribution < -0.4 is 10.6 Å². The molecule has 0 heterocycles. The number of benzene rings is 1. The Bertz CT molecular complexity index is 448. The summed E-state index contributed by atoms with van der Waals surface area (Å²) in [5.74, 6) is -0.740. The van der Waals surface area contributed by atoms with Gasteiger partial charge in [-0.2, -0.15) is 0 Å². The molecule has 1 aromatic rings. The standard InChI is InChI=1S/C14H18N2O4/c1-15-13(18)9-20-10-14(19)16-12(8-17)7-11-5-3-2-4-6-11/h2-6,8,12H,7,9-10H2,1H3,(H,15,18)(H,16,19). The average molecular weight is 278 g/mol. The van der Waals surface area contributed by atoms with E-state index in [0.29, 0.717) is 12.7 Å². The molecule has 20 heavy (non-hydrogen) atoms. The van der Waals surface area contributed by atoms with Crippen molar-refractivity contribution in [1.29, 1.82) is 0 Å². The minimum Gasteiger partial charge on any atom is -0.362 e. The van der Waals surface area contributed by atoms with Crippen LogP contribution in [0.5, 0.6) is 0 Å². The van der Waals surface area contributed by atoms with Gasteiger partial charge < -0.3 is 20.2 Å². The summed E-state index contributed by atoms with van der Waals surface area (Å²) in [6, 6.07) is 8.77. The molecule has 1 rings (SSSR count). The minimum atomic E-state index is -0.603. The first-order chi connectivity index (χ1) is 9.65. The second-order valence-corrected chi connectivity index (χ2v) is 4.17. The molecule has 2 amide bonds. The van der Waals surface area contributed by atoms with Gasteiger partial charge in [0.1, 0.15) is 19.5 Å². The predicted molar refractivity (Wildman–Crippen MR) is 73.0 cm³/mol. The van der Waals surface area contributed by atoms with E-state index in [1.54, 1.807) is 0 Å². The van der Waals surface area contributed by atoms with Crippen molar-refractivity contribution >= 4 is 18.1 Å². The van der Waals surface area contributed by atoms with Gasteiger partial charge >= 0.3 is 0 Å². The molecule has 1 aromatic carbocycles. The second-order valence-electron chi connectivity index (χ2n) is 4.17. The van der Waals surface area contributed by atoms with Gasteiger partial charge in [-0.1, -0.05) is 30.3 Å². The van der Waals surface area contributed by atoms with Crippen molar-refractivity contribution in [3.63, 3.8) is 0 Å². The molecule has 0 aliphatic rings. The van der Waals surface area contributed by atoms with Crippen molar-refractivity contribution in [2.75, 3.05) is 20.3 Å². The molecule has 1 unspecified atom stereocenters. The Morgan fingerprint density at radius 1 is 1.20 bits per heavy atom. The van der Waals surface area contributed by atoms with Crippen LogP contribution in [0.15, 0.2) is 30.3 Å². The number of ether oxygens (including phenoxy) is 1. The molecule has 6 heteroatoms. The Balaban J connectivity index is 2.34. The monoisotopic (exact) mass is 278 g/mol. The third kappa shape index (κ3) is 6.10. The molecule has 0 radical (unpaired) electrons. The van der Waals surface area contributed by atoms with Crippen LogP contribution in [-0.4, -0.2) is 44.4 Å². The quantitative estimate of drug-likeness (QED) is 0.638. The molecule has 0 aromatic heterocycles. The van der Waals surface area contributed by atoms with Crippen LogP contribution >= 0.6 is 0 Å². The van der Waals surface area contributed by atoms with Gasteiger partial charge in [-0.25, -0.2) is 0 Å². The van der Waals surface area contributed by atoms with Gasteiger partial charge in [0.05, 0.1) is 6.04 Å². The molecule has 0 fully saturated rings. The minimum absolute atomic E-state index is 0.186. The van der Waals surface area contributed by atoms with E-state index in [-0.39, 0.29) is 19.1 Å². The molecular formula is C14H18N2O4. The maximum atomic E-state index is 11.5. The Kier molecular flexibility index (Phi) is 6.99. The number of likely N-dealkylation sites (N-methyl/N-ethyl adjacent to an activating group) is 1. The summed E-state index contributed by atoms with van der Waals surface area (Å²) in [5.41, 5.74) is 0.955. The number of carbonyl (C=O) groups excluding carboxylic acids is 3. The van der Waals surface area contributed by atoms with Crippen molar-refractivity contribution in [2.45, 2.75) is 12.5 Å². The normalized spacial score (nSPS) is 11.4. The van der Waals surface area contributed by atoms with Crippen LogP contribution in [0.1, 0.15) is 5.56 Å². The Morgan fingerprint density at radius 3 is 2.45 bits per heavy atom. The molecule has 108 valence electrons. The Hall–Kier alpha value is -2.21. The summed E-state index contributed by atoms with van der Waals surface area (Å²) >= 11 is 0. The summed E-state index contributed by atoms with van der Waals surface area (Å²) < 4.78 is 4.90. The lowest BCUT2D eigenvalue weighted by molar-refractivity contribution is -0.132. The van der Waals surface area contributed by atoms with Gasteiger partial charge in [0.25, 0.3) is 0 Å². The highest BCUT2D eigenvalue weighted by molar-refractivity contribution is 5.81. The van der Waals surface area contributed by atoms with E-state index in [0.717, 1.165) is 5.56 Å². The highest BCUT2D eigenvalue weighted by Gasteiger charge is 2.12. The van der Waals surface area contributed by atoms with Crippen molar-refractivity contribution in [2.24, 2.45) is 0 Å². The lowest BCUT2D eigenvalue weighted by atomic mass is 10.1. The van der Waals surface area contributed by atoms with Crippen molar-refractivity contribution in [3.8, 4) is 0 Å². The molecule has 0 spiro atoms. The van der Waals surface area contributed by atoms with Crippen molar-refractivity contribution in [1.82, 2.24) is 10.6 Å².